The number of hydrogen-bond acceptors (Lipinski definition) is 9. The molecular formula is C48H54O9. The summed E-state index contributed by atoms with van der Waals surface area (Å²) in [5.41, 5.74) is 5.02. The molecule has 300 valence electrons. The predicted octanol–water partition coefficient (Wildman–Crippen LogP) is 7.82. The third kappa shape index (κ3) is 11.4. The topological polar surface area (TPSA) is 94.1 Å². The summed E-state index contributed by atoms with van der Waals surface area (Å²) in [6.07, 6.45) is -7.16. The van der Waals surface area contributed by atoms with Crippen molar-refractivity contribution in [2.75, 3.05) is 6.61 Å². The molecule has 2 fully saturated rings. The van der Waals surface area contributed by atoms with E-state index in [0.717, 1.165) is 27.8 Å². The largest absolute Gasteiger partial charge is 0.388 e. The first-order valence-electron chi connectivity index (χ1n) is 19.9. The van der Waals surface area contributed by atoms with Crippen molar-refractivity contribution in [1.82, 2.24) is 0 Å². The van der Waals surface area contributed by atoms with Gasteiger partial charge in [-0.25, -0.2) is 0 Å². The highest BCUT2D eigenvalue weighted by molar-refractivity contribution is 5.17. The molecule has 7 rings (SSSR count). The van der Waals surface area contributed by atoms with Gasteiger partial charge in [-0.05, 0) is 41.7 Å². The van der Waals surface area contributed by atoms with Gasteiger partial charge in [0.05, 0.1) is 51.8 Å². The van der Waals surface area contributed by atoms with Crippen molar-refractivity contribution < 1.29 is 43.0 Å². The average molecular weight is 775 g/mol. The Morgan fingerprint density at radius 2 is 0.807 bits per heavy atom. The molecule has 0 saturated carbocycles. The molecular weight excluding hydrogens is 721 g/mol. The van der Waals surface area contributed by atoms with Crippen molar-refractivity contribution >= 4 is 0 Å². The molecule has 10 atom stereocenters. The van der Waals surface area contributed by atoms with E-state index in [0.29, 0.717) is 26.4 Å². The number of rotatable bonds is 18. The standard InChI is InChI=1S/C48H54O9/c1-34-42(49)45(43(35(2)55-34)51-29-37-20-10-4-11-21-37)57-48-47(54-32-40-26-16-7-17-27-40)46(53-31-39-24-14-6-15-25-39)44(52-30-38-22-12-5-13-23-38)41(56-48)33-50-28-36-18-8-3-9-19-36/h3-27,34-35,41-49H,28-33H2,1-2H3/t34-,35?,41?,42+,43-,44-,45?,46-,47?,48-/m0/s1. The molecule has 0 radical (unpaired) electrons. The minimum atomic E-state index is -1.02. The van der Waals surface area contributed by atoms with Crippen molar-refractivity contribution in [3.8, 4) is 0 Å². The second-order valence-corrected chi connectivity index (χ2v) is 14.7. The van der Waals surface area contributed by atoms with Gasteiger partial charge >= 0.3 is 0 Å². The normalized spacial score (nSPS) is 27.6. The van der Waals surface area contributed by atoms with Crippen LogP contribution in [-0.4, -0.2) is 72.9 Å². The van der Waals surface area contributed by atoms with Crippen LogP contribution < -0.4 is 0 Å². The second kappa shape index (κ2) is 20.9. The van der Waals surface area contributed by atoms with E-state index in [-0.39, 0.29) is 19.3 Å². The molecule has 0 amide bonds. The first kappa shape index (κ1) is 40.9. The monoisotopic (exact) mass is 774 g/mol. The number of aliphatic hydroxyl groups excluding tert-OH is 1. The first-order valence-corrected chi connectivity index (χ1v) is 19.9. The molecule has 5 aromatic rings. The molecule has 9 nitrogen and oxygen atoms in total. The lowest BCUT2D eigenvalue weighted by atomic mass is 9.94. The summed E-state index contributed by atoms with van der Waals surface area (Å²) in [5, 5.41) is 11.8. The van der Waals surface area contributed by atoms with Crippen molar-refractivity contribution in [3.05, 3.63) is 179 Å². The fourth-order valence-electron chi connectivity index (χ4n) is 7.39. The summed E-state index contributed by atoms with van der Waals surface area (Å²) in [5.74, 6) is 0. The van der Waals surface area contributed by atoms with Crippen LogP contribution >= 0.6 is 0 Å². The van der Waals surface area contributed by atoms with Crippen molar-refractivity contribution in [2.45, 2.75) is 108 Å². The van der Waals surface area contributed by atoms with Gasteiger partial charge in [0.25, 0.3) is 0 Å². The second-order valence-electron chi connectivity index (χ2n) is 14.7. The van der Waals surface area contributed by atoms with E-state index in [1.54, 1.807) is 0 Å². The van der Waals surface area contributed by atoms with Crippen molar-refractivity contribution in [1.29, 1.82) is 0 Å². The van der Waals surface area contributed by atoms with Gasteiger partial charge in [-0.1, -0.05) is 152 Å². The van der Waals surface area contributed by atoms with E-state index in [1.807, 2.05) is 166 Å². The number of ether oxygens (including phenoxy) is 8. The predicted molar refractivity (Wildman–Crippen MR) is 216 cm³/mol. The zero-order valence-corrected chi connectivity index (χ0v) is 32.7. The molecule has 57 heavy (non-hydrogen) atoms. The maximum Gasteiger partial charge on any atom is 0.187 e. The lowest BCUT2D eigenvalue weighted by Gasteiger charge is -2.49. The third-order valence-corrected chi connectivity index (χ3v) is 10.5. The zero-order chi connectivity index (χ0) is 39.2. The van der Waals surface area contributed by atoms with Gasteiger partial charge < -0.3 is 43.0 Å². The summed E-state index contributed by atoms with van der Waals surface area (Å²) < 4.78 is 53.5. The van der Waals surface area contributed by atoms with Crippen molar-refractivity contribution in [2.24, 2.45) is 0 Å². The van der Waals surface area contributed by atoms with E-state index in [2.05, 4.69) is 0 Å². The number of aliphatic hydroxyl groups is 1. The Balaban J connectivity index is 1.23. The highest BCUT2D eigenvalue weighted by Gasteiger charge is 2.52. The van der Waals surface area contributed by atoms with E-state index in [1.165, 1.54) is 0 Å². The van der Waals surface area contributed by atoms with Gasteiger partial charge in [-0.3, -0.25) is 0 Å². The smallest absolute Gasteiger partial charge is 0.187 e. The van der Waals surface area contributed by atoms with Gasteiger partial charge in [0, 0.05) is 0 Å². The van der Waals surface area contributed by atoms with Crippen LogP contribution in [0.1, 0.15) is 41.7 Å². The molecule has 2 aliphatic heterocycles. The molecule has 2 saturated heterocycles. The van der Waals surface area contributed by atoms with Crippen LogP contribution in [0.25, 0.3) is 0 Å². The summed E-state index contributed by atoms with van der Waals surface area (Å²) in [6.45, 7) is 5.53. The van der Waals surface area contributed by atoms with Crippen LogP contribution in [0.4, 0.5) is 0 Å². The van der Waals surface area contributed by atoms with Gasteiger partial charge in [0.15, 0.2) is 6.29 Å². The summed E-state index contributed by atoms with van der Waals surface area (Å²) in [4.78, 5) is 0. The molecule has 2 heterocycles. The van der Waals surface area contributed by atoms with Crippen LogP contribution in [0, 0.1) is 0 Å². The Kier molecular flexibility index (Phi) is 15.0. The summed E-state index contributed by atoms with van der Waals surface area (Å²) >= 11 is 0. The summed E-state index contributed by atoms with van der Waals surface area (Å²) in [7, 11) is 0. The van der Waals surface area contributed by atoms with Crippen molar-refractivity contribution in [3.63, 3.8) is 0 Å². The fraction of sp³-hybridized carbons (Fsp3) is 0.375. The fourth-order valence-corrected chi connectivity index (χ4v) is 7.39. The highest BCUT2D eigenvalue weighted by atomic mass is 16.7. The lowest BCUT2D eigenvalue weighted by molar-refractivity contribution is -0.358. The minimum Gasteiger partial charge on any atom is -0.388 e. The minimum absolute atomic E-state index is 0.182. The Bertz CT molecular complexity index is 1850. The number of hydrogen-bond donors (Lipinski definition) is 1. The zero-order valence-electron chi connectivity index (χ0n) is 32.7. The SMILES string of the molecule is CC1O[C@@H](C)[C@@H](O)C(O[C@@H]2OC(COCc3ccccc3)[C@H](OCc3ccccc3)[C@H](OCc3ccccc3)C2OCc2ccccc2)[C@H]1OCc1ccccc1. The molecule has 0 aromatic heterocycles. The quantitative estimate of drug-likeness (QED) is 0.0957. The van der Waals surface area contributed by atoms with Crippen LogP contribution in [0.3, 0.4) is 0 Å². The maximum atomic E-state index is 11.8. The molecule has 0 spiro atoms. The highest BCUT2D eigenvalue weighted by Crippen LogP contribution is 2.35. The first-order chi connectivity index (χ1) is 28.0. The molecule has 4 unspecified atom stereocenters. The van der Waals surface area contributed by atoms with Crippen LogP contribution in [0.5, 0.6) is 0 Å². The average Bonchev–Trinajstić information content (AvgIpc) is 3.25. The van der Waals surface area contributed by atoms with Gasteiger partial charge in [-0.15, -0.1) is 0 Å². The van der Waals surface area contributed by atoms with E-state index < -0.39 is 55.1 Å². The number of benzene rings is 5. The Morgan fingerprint density at radius 1 is 0.421 bits per heavy atom. The maximum absolute atomic E-state index is 11.8. The Morgan fingerprint density at radius 3 is 1.26 bits per heavy atom. The Labute approximate surface area is 336 Å². The van der Waals surface area contributed by atoms with Crippen LogP contribution in [0.2, 0.25) is 0 Å². The molecule has 2 aliphatic rings. The van der Waals surface area contributed by atoms with Gasteiger partial charge in [0.2, 0.25) is 0 Å². The van der Waals surface area contributed by atoms with Crippen LogP contribution in [0.15, 0.2) is 152 Å². The lowest BCUT2D eigenvalue weighted by Crippen LogP contribution is -2.65. The molecule has 0 bridgehead atoms. The third-order valence-electron chi connectivity index (χ3n) is 10.5. The van der Waals surface area contributed by atoms with E-state index in [4.69, 9.17) is 37.9 Å². The molecule has 5 aromatic carbocycles. The molecule has 1 N–H and O–H groups in total. The van der Waals surface area contributed by atoms with Gasteiger partial charge in [-0.2, -0.15) is 0 Å². The van der Waals surface area contributed by atoms with Crippen LogP contribution in [-0.2, 0) is 70.9 Å². The van der Waals surface area contributed by atoms with Gasteiger partial charge in [0.1, 0.15) is 42.7 Å². The summed E-state index contributed by atoms with van der Waals surface area (Å²) in [6, 6.07) is 50.0. The molecule has 9 heteroatoms. The Hall–Kier alpha value is -4.26. The van der Waals surface area contributed by atoms with E-state index in [9.17, 15) is 5.11 Å². The molecule has 0 aliphatic carbocycles. The van der Waals surface area contributed by atoms with E-state index >= 15 is 0 Å².